The van der Waals surface area contributed by atoms with Crippen LogP contribution < -0.4 is 15.1 Å². The van der Waals surface area contributed by atoms with Crippen molar-refractivity contribution in [2.24, 2.45) is 0 Å². The van der Waals surface area contributed by atoms with Crippen LogP contribution in [0.2, 0.25) is 0 Å². The summed E-state index contributed by atoms with van der Waals surface area (Å²) in [5, 5.41) is 2.41. The van der Waals surface area contributed by atoms with Crippen LogP contribution in [0, 0.1) is 0 Å². The zero-order chi connectivity index (χ0) is 26.2. The van der Waals surface area contributed by atoms with Crippen LogP contribution in [-0.4, -0.2) is 54.6 Å². The van der Waals surface area contributed by atoms with E-state index in [1.54, 1.807) is 70.2 Å². The number of fused-ring (bicyclic) bond motifs is 2. The minimum atomic E-state index is -0.953. The molecule has 2 aromatic carbocycles. The Bertz CT molecular complexity index is 1230. The summed E-state index contributed by atoms with van der Waals surface area (Å²) in [5.41, 5.74) is 1.26. The lowest BCUT2D eigenvalue weighted by Crippen LogP contribution is -2.48. The number of hydrogen-bond acceptors (Lipinski definition) is 7. The molecule has 2 aliphatic heterocycles. The topological polar surface area (TPSA) is 122 Å². The van der Waals surface area contributed by atoms with Gasteiger partial charge in [-0.1, -0.05) is 12.1 Å². The number of esters is 1. The van der Waals surface area contributed by atoms with Crippen molar-refractivity contribution >= 4 is 41.2 Å². The summed E-state index contributed by atoms with van der Waals surface area (Å²) in [6, 6.07) is 10.4. The Morgan fingerprint density at radius 3 is 2.25 bits per heavy atom. The fourth-order valence-electron chi connectivity index (χ4n) is 4.28. The fraction of sp³-hybridized carbons (Fsp3) is 0.346. The SMILES string of the molecule is CCOC(=O)[C@@H]1Cc2cc(N3C(=O)c4ccccc4C3=O)ccc2N1C(=O)CNC(=O)OC(C)(C)C. The predicted octanol–water partition coefficient (Wildman–Crippen LogP) is 2.83. The minimum absolute atomic E-state index is 0.128. The van der Waals surface area contributed by atoms with Gasteiger partial charge in [0.05, 0.1) is 23.4 Å². The van der Waals surface area contributed by atoms with Crippen molar-refractivity contribution in [3.8, 4) is 0 Å². The van der Waals surface area contributed by atoms with Crippen molar-refractivity contribution in [3.05, 3.63) is 59.2 Å². The molecule has 1 atom stereocenters. The molecule has 2 aliphatic rings. The zero-order valence-electron chi connectivity index (χ0n) is 20.5. The van der Waals surface area contributed by atoms with E-state index in [2.05, 4.69) is 5.32 Å². The third kappa shape index (κ3) is 4.66. The Morgan fingerprint density at radius 2 is 1.67 bits per heavy atom. The summed E-state index contributed by atoms with van der Waals surface area (Å²) in [6.07, 6.45) is -0.632. The summed E-state index contributed by atoms with van der Waals surface area (Å²) in [4.78, 5) is 66.0. The van der Waals surface area contributed by atoms with Gasteiger partial charge in [0.1, 0.15) is 18.2 Å². The number of hydrogen-bond donors (Lipinski definition) is 1. The minimum Gasteiger partial charge on any atom is -0.464 e. The van der Waals surface area contributed by atoms with Gasteiger partial charge in [0, 0.05) is 12.1 Å². The monoisotopic (exact) mass is 493 g/mol. The fourth-order valence-corrected chi connectivity index (χ4v) is 4.28. The van der Waals surface area contributed by atoms with Crippen LogP contribution in [0.3, 0.4) is 0 Å². The van der Waals surface area contributed by atoms with Gasteiger partial charge in [-0.05, 0) is 63.6 Å². The molecule has 0 aliphatic carbocycles. The number of alkyl carbamates (subject to hydrolysis) is 1. The first-order valence-corrected chi connectivity index (χ1v) is 11.6. The van der Waals surface area contributed by atoms with Crippen LogP contribution in [0.15, 0.2) is 42.5 Å². The molecule has 0 unspecified atom stereocenters. The van der Waals surface area contributed by atoms with Gasteiger partial charge in [-0.2, -0.15) is 0 Å². The molecular weight excluding hydrogens is 466 g/mol. The molecule has 0 aromatic heterocycles. The lowest BCUT2D eigenvalue weighted by Gasteiger charge is -2.25. The Morgan fingerprint density at radius 1 is 1.03 bits per heavy atom. The van der Waals surface area contributed by atoms with Crippen molar-refractivity contribution in [1.82, 2.24) is 5.32 Å². The third-order valence-electron chi connectivity index (χ3n) is 5.71. The molecule has 4 amide bonds. The average Bonchev–Trinajstić information content (AvgIpc) is 3.32. The van der Waals surface area contributed by atoms with Crippen molar-refractivity contribution in [1.29, 1.82) is 0 Å². The van der Waals surface area contributed by atoms with E-state index in [4.69, 9.17) is 9.47 Å². The third-order valence-corrected chi connectivity index (χ3v) is 5.71. The van der Waals surface area contributed by atoms with Crippen LogP contribution in [-0.2, 0) is 25.5 Å². The number of imide groups is 1. The van der Waals surface area contributed by atoms with Gasteiger partial charge in [0.15, 0.2) is 0 Å². The largest absolute Gasteiger partial charge is 0.464 e. The second-order valence-corrected chi connectivity index (χ2v) is 9.40. The highest BCUT2D eigenvalue weighted by atomic mass is 16.6. The Balaban J connectivity index is 1.60. The second kappa shape index (κ2) is 9.44. The first-order chi connectivity index (χ1) is 17.0. The number of carbonyl (C=O) groups excluding carboxylic acids is 5. The Kier molecular flexibility index (Phi) is 6.53. The van der Waals surface area contributed by atoms with E-state index in [0.29, 0.717) is 28.1 Å². The Labute approximate surface area is 208 Å². The number of nitrogens with one attached hydrogen (secondary N) is 1. The summed E-state index contributed by atoms with van der Waals surface area (Å²) in [5.74, 6) is -2.01. The summed E-state index contributed by atoms with van der Waals surface area (Å²) >= 11 is 0. The van der Waals surface area contributed by atoms with E-state index in [0.717, 1.165) is 4.90 Å². The lowest BCUT2D eigenvalue weighted by atomic mass is 10.1. The lowest BCUT2D eigenvalue weighted by molar-refractivity contribution is -0.145. The molecule has 0 saturated heterocycles. The smallest absolute Gasteiger partial charge is 0.408 e. The van der Waals surface area contributed by atoms with Crippen molar-refractivity contribution < 1.29 is 33.4 Å². The number of carbonyl (C=O) groups is 5. The molecule has 0 fully saturated rings. The number of ether oxygens (including phenoxy) is 2. The first-order valence-electron chi connectivity index (χ1n) is 11.6. The van der Waals surface area contributed by atoms with Gasteiger partial charge in [-0.25, -0.2) is 14.5 Å². The van der Waals surface area contributed by atoms with Gasteiger partial charge in [-0.3, -0.25) is 19.3 Å². The highest BCUT2D eigenvalue weighted by molar-refractivity contribution is 6.34. The Hall–Kier alpha value is -4.21. The molecule has 2 aromatic rings. The summed E-state index contributed by atoms with van der Waals surface area (Å²) < 4.78 is 10.3. The molecule has 2 heterocycles. The van der Waals surface area contributed by atoms with Crippen LogP contribution in [0.25, 0.3) is 0 Å². The molecule has 0 radical (unpaired) electrons. The molecule has 0 spiro atoms. The molecule has 10 heteroatoms. The molecule has 188 valence electrons. The number of anilines is 2. The quantitative estimate of drug-likeness (QED) is 0.502. The van der Waals surface area contributed by atoms with Crippen molar-refractivity contribution in [3.63, 3.8) is 0 Å². The number of rotatable bonds is 5. The highest BCUT2D eigenvalue weighted by Gasteiger charge is 2.41. The van der Waals surface area contributed by atoms with Gasteiger partial charge in [0.25, 0.3) is 11.8 Å². The van der Waals surface area contributed by atoms with Crippen molar-refractivity contribution in [2.75, 3.05) is 23.0 Å². The zero-order valence-corrected chi connectivity index (χ0v) is 20.5. The number of benzene rings is 2. The number of amides is 4. The predicted molar refractivity (Wildman–Crippen MR) is 130 cm³/mol. The maximum absolute atomic E-state index is 13.1. The standard InChI is InChI=1S/C26H27N3O7/c1-5-35-24(33)20-13-15-12-16(28-22(31)17-8-6-7-9-18(17)23(28)32)10-11-19(15)29(20)21(30)14-27-25(34)36-26(2,3)4/h6-12,20H,5,13-14H2,1-4H3,(H,27,34)/t20-/m0/s1. The first kappa shape index (κ1) is 24.9. The van der Waals surface area contributed by atoms with Crippen LogP contribution in [0.5, 0.6) is 0 Å². The summed E-state index contributed by atoms with van der Waals surface area (Å²) in [6.45, 7) is 6.50. The molecule has 10 nitrogen and oxygen atoms in total. The van der Waals surface area contributed by atoms with Gasteiger partial charge < -0.3 is 14.8 Å². The van der Waals surface area contributed by atoms with Gasteiger partial charge in [-0.15, -0.1) is 0 Å². The van der Waals surface area contributed by atoms with Crippen LogP contribution >= 0.6 is 0 Å². The van der Waals surface area contributed by atoms with E-state index >= 15 is 0 Å². The van der Waals surface area contributed by atoms with Crippen molar-refractivity contribution in [2.45, 2.75) is 45.8 Å². The molecule has 0 saturated carbocycles. The summed E-state index contributed by atoms with van der Waals surface area (Å²) in [7, 11) is 0. The maximum Gasteiger partial charge on any atom is 0.408 e. The molecular formula is C26H27N3O7. The highest BCUT2D eigenvalue weighted by Crippen LogP contribution is 2.37. The molecule has 0 bridgehead atoms. The number of nitrogens with zero attached hydrogens (tertiary/aromatic N) is 2. The maximum atomic E-state index is 13.1. The van der Waals surface area contributed by atoms with Crippen LogP contribution in [0.4, 0.5) is 16.2 Å². The van der Waals surface area contributed by atoms with E-state index in [9.17, 15) is 24.0 Å². The van der Waals surface area contributed by atoms with Gasteiger partial charge in [0.2, 0.25) is 5.91 Å². The normalized spacial score (nSPS) is 16.5. The van der Waals surface area contributed by atoms with E-state index < -0.39 is 48.0 Å². The average molecular weight is 494 g/mol. The van der Waals surface area contributed by atoms with Gasteiger partial charge >= 0.3 is 12.1 Å². The molecule has 36 heavy (non-hydrogen) atoms. The van der Waals surface area contributed by atoms with E-state index in [1.165, 1.54) is 4.90 Å². The molecule has 1 N–H and O–H groups in total. The van der Waals surface area contributed by atoms with Crippen LogP contribution in [0.1, 0.15) is 54.0 Å². The molecule has 4 rings (SSSR count). The van der Waals surface area contributed by atoms with E-state index in [-0.39, 0.29) is 13.0 Å². The second-order valence-electron chi connectivity index (χ2n) is 9.40. The van der Waals surface area contributed by atoms with E-state index in [1.807, 2.05) is 0 Å².